The van der Waals surface area contributed by atoms with Gasteiger partial charge in [0, 0.05) is 5.97 Å². The van der Waals surface area contributed by atoms with E-state index in [1.165, 1.54) is 0 Å². The molecule has 0 radical (unpaired) electrons. The average molecular weight is 344 g/mol. The molecule has 22 heavy (non-hydrogen) atoms. The number of aliphatic carboxylic acids is 2. The number of nitrogens with zero attached hydrogens (tertiary/aromatic N) is 1. The van der Waals surface area contributed by atoms with Crippen LogP contribution in [-0.4, -0.2) is 34.7 Å². The Morgan fingerprint density at radius 3 is 1.86 bits per heavy atom. The van der Waals surface area contributed by atoms with Crippen molar-refractivity contribution in [3.8, 4) is 0 Å². The first-order chi connectivity index (χ1) is 10.2. The number of amides is 2. The summed E-state index contributed by atoms with van der Waals surface area (Å²) in [5.74, 6) is -5.04. The molecule has 0 N–H and O–H groups in total. The molecule has 0 fully saturated rings. The molecule has 1 aromatic rings. The summed E-state index contributed by atoms with van der Waals surface area (Å²) >= 11 is 11.5. The van der Waals surface area contributed by atoms with E-state index in [0.29, 0.717) is 4.90 Å². The maximum absolute atomic E-state index is 12.2. The van der Waals surface area contributed by atoms with Gasteiger partial charge >= 0.3 is 0 Å². The zero-order valence-corrected chi connectivity index (χ0v) is 12.3. The summed E-state index contributed by atoms with van der Waals surface area (Å²) < 4.78 is 0. The highest BCUT2D eigenvalue weighted by molar-refractivity contribution is 6.43. The number of hydrogen-bond acceptors (Lipinski definition) is 6. The minimum Gasteiger partial charge on any atom is -0.550 e. The van der Waals surface area contributed by atoms with Crippen LogP contribution in [0, 0.1) is 0 Å². The van der Waals surface area contributed by atoms with E-state index in [-0.39, 0.29) is 21.2 Å². The third-order valence-electron chi connectivity index (χ3n) is 3.16. The van der Waals surface area contributed by atoms with Crippen molar-refractivity contribution in [2.24, 2.45) is 0 Å². The number of fused-ring (bicyclic) bond motifs is 1. The molecular formula is C13H7Cl2NO6-2. The largest absolute Gasteiger partial charge is 0.550 e. The Morgan fingerprint density at radius 2 is 1.50 bits per heavy atom. The Morgan fingerprint density at radius 1 is 1.05 bits per heavy atom. The highest BCUT2D eigenvalue weighted by Gasteiger charge is 2.40. The quantitative estimate of drug-likeness (QED) is 0.648. The zero-order chi connectivity index (χ0) is 16.6. The van der Waals surface area contributed by atoms with Crippen LogP contribution in [0.25, 0.3) is 0 Å². The lowest BCUT2D eigenvalue weighted by molar-refractivity contribution is -0.311. The van der Waals surface area contributed by atoms with Gasteiger partial charge < -0.3 is 19.8 Å². The molecule has 7 nitrogen and oxygen atoms in total. The van der Waals surface area contributed by atoms with Gasteiger partial charge in [-0.1, -0.05) is 23.2 Å². The monoisotopic (exact) mass is 343 g/mol. The standard InChI is InChI=1S/C13H9Cl2NO6/c14-7-3-5-6(4-8(7)15)12(20)16(11(5)19)9(13(21)22)1-2-10(17)18/h3-4,9H,1-2H2,(H,17,18)(H,21,22)/p-2/t9-/m0/s1. The lowest BCUT2D eigenvalue weighted by Crippen LogP contribution is -2.51. The Bertz CT molecular complexity index is 661. The van der Waals surface area contributed by atoms with E-state index >= 15 is 0 Å². The molecule has 0 saturated carbocycles. The predicted octanol–water partition coefficient (Wildman–Crippen LogP) is -0.762. The summed E-state index contributed by atoms with van der Waals surface area (Å²) in [5, 5.41) is 21.7. The highest BCUT2D eigenvalue weighted by atomic mass is 35.5. The Hall–Kier alpha value is -2.12. The molecule has 1 aliphatic heterocycles. The molecule has 0 spiro atoms. The molecule has 1 aliphatic rings. The van der Waals surface area contributed by atoms with Gasteiger partial charge in [-0.3, -0.25) is 14.5 Å². The molecule has 2 amide bonds. The van der Waals surface area contributed by atoms with E-state index in [4.69, 9.17) is 23.2 Å². The Labute approximate surface area is 134 Å². The van der Waals surface area contributed by atoms with E-state index in [2.05, 4.69) is 0 Å². The van der Waals surface area contributed by atoms with Gasteiger partial charge in [0.1, 0.15) is 0 Å². The first-order valence-corrected chi connectivity index (χ1v) is 6.77. The summed E-state index contributed by atoms with van der Waals surface area (Å²) in [6.45, 7) is 0. The number of carboxylic acids is 2. The molecule has 116 valence electrons. The van der Waals surface area contributed by atoms with Gasteiger partial charge in [0.15, 0.2) is 0 Å². The highest BCUT2D eigenvalue weighted by Crippen LogP contribution is 2.32. The van der Waals surface area contributed by atoms with Gasteiger partial charge in [-0.2, -0.15) is 0 Å². The van der Waals surface area contributed by atoms with E-state index in [1.807, 2.05) is 0 Å². The molecule has 0 saturated heterocycles. The molecule has 2 rings (SSSR count). The fourth-order valence-electron chi connectivity index (χ4n) is 2.14. The van der Waals surface area contributed by atoms with Crippen LogP contribution < -0.4 is 10.2 Å². The van der Waals surface area contributed by atoms with Crippen LogP contribution in [0.2, 0.25) is 10.0 Å². The molecule has 0 aromatic heterocycles. The molecule has 1 heterocycles. The molecular weight excluding hydrogens is 337 g/mol. The normalized spacial score (nSPS) is 14.9. The molecule has 0 aliphatic carbocycles. The summed E-state index contributed by atoms with van der Waals surface area (Å²) in [7, 11) is 0. The SMILES string of the molecule is O=C([O-])CC[C@@H](C(=O)[O-])N1C(=O)c2cc(Cl)c(Cl)cc2C1=O. The number of halogens is 2. The van der Waals surface area contributed by atoms with Gasteiger partial charge in [0.2, 0.25) is 0 Å². The van der Waals surface area contributed by atoms with Crippen molar-refractivity contribution in [3.05, 3.63) is 33.3 Å². The van der Waals surface area contributed by atoms with Crippen molar-refractivity contribution < 1.29 is 29.4 Å². The van der Waals surface area contributed by atoms with Crippen LogP contribution in [0.5, 0.6) is 0 Å². The number of rotatable bonds is 5. The van der Waals surface area contributed by atoms with Crippen LogP contribution in [0.3, 0.4) is 0 Å². The maximum Gasteiger partial charge on any atom is 0.262 e. The van der Waals surface area contributed by atoms with E-state index < -0.39 is 42.6 Å². The number of imide groups is 1. The zero-order valence-electron chi connectivity index (χ0n) is 10.8. The Balaban J connectivity index is 2.40. The minimum atomic E-state index is -1.74. The van der Waals surface area contributed by atoms with Crippen molar-refractivity contribution in [3.63, 3.8) is 0 Å². The third kappa shape index (κ3) is 2.77. The second-order valence-corrected chi connectivity index (χ2v) is 5.35. The number of carbonyl (C=O) groups excluding carboxylic acids is 4. The van der Waals surface area contributed by atoms with Gasteiger partial charge in [-0.05, 0) is 25.0 Å². The first-order valence-electron chi connectivity index (χ1n) is 6.01. The molecule has 1 atom stereocenters. The second kappa shape index (κ2) is 5.94. The molecule has 0 unspecified atom stereocenters. The van der Waals surface area contributed by atoms with Crippen molar-refractivity contribution in [1.29, 1.82) is 0 Å². The van der Waals surface area contributed by atoms with Gasteiger partial charge in [0.25, 0.3) is 11.8 Å². The van der Waals surface area contributed by atoms with Crippen LogP contribution in [0.1, 0.15) is 33.6 Å². The lowest BCUT2D eigenvalue weighted by atomic mass is 10.1. The minimum absolute atomic E-state index is 0.0307. The van der Waals surface area contributed by atoms with Gasteiger partial charge in [-0.15, -0.1) is 0 Å². The summed E-state index contributed by atoms with van der Waals surface area (Å²) in [6, 6.07) is 0.595. The van der Waals surface area contributed by atoms with Gasteiger partial charge in [-0.25, -0.2) is 0 Å². The van der Waals surface area contributed by atoms with Crippen LogP contribution in [0.4, 0.5) is 0 Å². The second-order valence-electron chi connectivity index (χ2n) is 4.54. The van der Waals surface area contributed by atoms with Crippen molar-refractivity contribution >= 4 is 47.0 Å². The predicted molar refractivity (Wildman–Crippen MR) is 70.0 cm³/mol. The molecule has 0 bridgehead atoms. The fraction of sp³-hybridized carbons (Fsp3) is 0.231. The van der Waals surface area contributed by atoms with Crippen molar-refractivity contribution in [2.45, 2.75) is 18.9 Å². The van der Waals surface area contributed by atoms with Crippen LogP contribution >= 0.6 is 23.2 Å². The lowest BCUT2D eigenvalue weighted by Gasteiger charge is -2.27. The summed E-state index contributed by atoms with van der Waals surface area (Å²) in [6.07, 6.45) is -1.16. The van der Waals surface area contributed by atoms with Gasteiger partial charge in [0.05, 0.1) is 33.2 Å². The van der Waals surface area contributed by atoms with Crippen LogP contribution in [0.15, 0.2) is 12.1 Å². The van der Waals surface area contributed by atoms with Crippen LogP contribution in [-0.2, 0) is 9.59 Å². The number of hydrogen-bond donors (Lipinski definition) is 0. The van der Waals surface area contributed by atoms with E-state index in [0.717, 1.165) is 12.1 Å². The number of carbonyl (C=O) groups is 4. The first kappa shape index (κ1) is 16.3. The van der Waals surface area contributed by atoms with E-state index in [9.17, 15) is 29.4 Å². The van der Waals surface area contributed by atoms with Crippen molar-refractivity contribution in [1.82, 2.24) is 4.90 Å². The third-order valence-corrected chi connectivity index (χ3v) is 3.89. The topological polar surface area (TPSA) is 118 Å². The van der Waals surface area contributed by atoms with E-state index in [1.54, 1.807) is 0 Å². The van der Waals surface area contributed by atoms with Crippen molar-refractivity contribution in [2.75, 3.05) is 0 Å². The Kier molecular flexibility index (Phi) is 4.39. The average Bonchev–Trinajstić information content (AvgIpc) is 2.64. The number of benzene rings is 1. The summed E-state index contributed by atoms with van der Waals surface area (Å²) in [4.78, 5) is 46.5. The molecule has 9 heteroatoms. The maximum atomic E-state index is 12.2. The fourth-order valence-corrected chi connectivity index (χ4v) is 2.47. The molecule has 1 aromatic carbocycles. The number of carboxylic acid groups (broad SMARTS) is 2. The summed E-state index contributed by atoms with van der Waals surface area (Å²) in [5.41, 5.74) is -0.196. The smallest absolute Gasteiger partial charge is 0.262 e.